The highest BCUT2D eigenvalue weighted by molar-refractivity contribution is 6.07. The lowest BCUT2D eigenvalue weighted by molar-refractivity contribution is 0.568. The van der Waals surface area contributed by atoms with Crippen LogP contribution in [0.3, 0.4) is 0 Å². The van der Waals surface area contributed by atoms with Crippen molar-refractivity contribution in [3.05, 3.63) is 315 Å². The molecule has 8 N–H and O–H groups in total. The summed E-state index contributed by atoms with van der Waals surface area (Å²) in [6.45, 7) is 84.5. The highest BCUT2D eigenvalue weighted by Gasteiger charge is 2.36. The molecule has 0 aliphatic heterocycles. The number of aromatic amines is 8. The largest absolute Gasteiger partial charge is 0.354 e. The molecule has 0 radical (unpaired) electrons. The third-order valence-electron chi connectivity index (χ3n) is 29.9. The summed E-state index contributed by atoms with van der Waals surface area (Å²) in [6, 6.07) is 97.4. The number of benzene rings is 7. The van der Waals surface area contributed by atoms with Crippen LogP contribution in [-0.2, 0) is 65.0 Å². The molecule has 11 heterocycles. The van der Waals surface area contributed by atoms with Gasteiger partial charge in [-0.3, -0.25) is 0 Å². The van der Waals surface area contributed by atoms with E-state index in [1.54, 1.807) is 0 Å². The lowest BCUT2D eigenvalue weighted by Gasteiger charge is -2.26. The molecule has 0 saturated heterocycles. The van der Waals surface area contributed by atoms with E-state index in [2.05, 4.69) is 542 Å². The highest BCUT2D eigenvalue weighted by Crippen LogP contribution is 2.50. The smallest absolute Gasteiger partial charge is 0.126 e. The predicted molar refractivity (Wildman–Crippen MR) is 621 cm³/mol. The Morgan fingerprint density at radius 2 is 0.329 bits per heavy atom. The quantitative estimate of drug-likeness (QED) is 0.0655. The van der Waals surface area contributed by atoms with E-state index in [1.165, 1.54) is 66.8 Å². The summed E-state index contributed by atoms with van der Waals surface area (Å²) >= 11 is 0. The molecule has 143 heavy (non-hydrogen) atoms. The molecule has 0 saturated carbocycles. The Hall–Kier alpha value is -13.0. The van der Waals surface area contributed by atoms with Gasteiger partial charge in [-0.05, 0) is 240 Å². The van der Waals surface area contributed by atoms with Crippen LogP contribution in [0.5, 0.6) is 0 Å². The van der Waals surface area contributed by atoms with Crippen LogP contribution >= 0.6 is 0 Å². The third-order valence-corrected chi connectivity index (χ3v) is 29.9. The first-order valence-corrected chi connectivity index (χ1v) is 52.2. The first-order chi connectivity index (χ1) is 66.4. The number of H-pyrrole nitrogens is 8. The van der Waals surface area contributed by atoms with Crippen molar-refractivity contribution in [3.63, 3.8) is 0 Å². The molecule has 0 atom stereocenters. The monoisotopic (exact) mass is 1890 g/mol. The molecule has 0 fully saturated rings. The van der Waals surface area contributed by atoms with E-state index >= 15 is 0 Å². The first kappa shape index (κ1) is 100. The Bertz CT molecular complexity index is 7250. The van der Waals surface area contributed by atoms with Crippen LogP contribution in [0.2, 0.25) is 0 Å². The molecule has 9 nitrogen and oxygen atoms in total. The van der Waals surface area contributed by atoms with Gasteiger partial charge in [-0.25, -0.2) is 0 Å². The van der Waals surface area contributed by atoms with E-state index in [1.807, 2.05) is 0 Å². The average Bonchev–Trinajstić information content (AvgIpc) is 1.58. The summed E-state index contributed by atoms with van der Waals surface area (Å²) in [4.78, 5) is 34.6. The van der Waals surface area contributed by atoms with E-state index in [9.17, 15) is 0 Å². The van der Waals surface area contributed by atoms with Gasteiger partial charge in [0, 0.05) is 112 Å². The average molecular weight is 1890 g/mol. The zero-order valence-electron chi connectivity index (χ0n) is 92.6. The van der Waals surface area contributed by atoms with Gasteiger partial charge in [0.2, 0.25) is 0 Å². The van der Waals surface area contributed by atoms with E-state index in [-0.39, 0.29) is 65.0 Å². The van der Waals surface area contributed by atoms with Gasteiger partial charge in [0.25, 0.3) is 0 Å². The molecule has 18 aromatic rings. The van der Waals surface area contributed by atoms with Crippen LogP contribution in [0.4, 0.5) is 0 Å². The Balaban J connectivity index is 1.04. The van der Waals surface area contributed by atoms with Crippen LogP contribution in [0, 0.1) is 0 Å². The molecule has 0 aliphatic rings. The summed E-state index contributed by atoms with van der Waals surface area (Å²) in [5, 5.41) is 0. The fourth-order valence-electron chi connectivity index (χ4n) is 20.6. The molecule has 0 aliphatic carbocycles. The van der Waals surface area contributed by atoms with Crippen LogP contribution in [-0.4, -0.2) is 44.4 Å². The van der Waals surface area contributed by atoms with Gasteiger partial charge in [0.05, 0.1) is 91.0 Å². The summed E-state index contributed by atoms with van der Waals surface area (Å²) < 4.78 is 2.53. The maximum atomic E-state index is 4.37. The second kappa shape index (κ2) is 34.9. The molecule has 734 valence electrons. The molecule has 18 rings (SSSR count). The Kier molecular flexibility index (Phi) is 24.5. The molecule has 0 amide bonds. The van der Waals surface area contributed by atoms with Crippen LogP contribution in [0.25, 0.3) is 183 Å². The number of nitrogens with zero attached hydrogens (tertiary/aromatic N) is 1. The van der Waals surface area contributed by atoms with Gasteiger partial charge in [-0.15, -0.1) is 0 Å². The maximum Gasteiger partial charge on any atom is 0.126 e. The number of hydrogen-bond acceptors (Lipinski definition) is 0. The Labute approximate surface area is 851 Å². The van der Waals surface area contributed by atoms with Crippen molar-refractivity contribution in [2.45, 2.75) is 314 Å². The number of rotatable bonds is 9. The second-order valence-electron chi connectivity index (χ2n) is 53.9. The summed E-state index contributed by atoms with van der Waals surface area (Å²) in [5.74, 6) is 0. The van der Waals surface area contributed by atoms with Crippen LogP contribution in [0.1, 0.15) is 316 Å². The fraction of sp³-hybridized carbons (Fsp3) is 0.358. The van der Waals surface area contributed by atoms with Gasteiger partial charge in [-0.1, -0.05) is 304 Å². The molecule has 9 heteroatoms. The molecule has 16 bridgehead atoms. The lowest BCUT2D eigenvalue weighted by Crippen LogP contribution is -2.16. The van der Waals surface area contributed by atoms with Crippen molar-refractivity contribution >= 4 is 88.3 Å². The van der Waals surface area contributed by atoms with Gasteiger partial charge >= 0.3 is 0 Å². The minimum absolute atomic E-state index is 0.155. The first-order valence-electron chi connectivity index (χ1n) is 52.2. The van der Waals surface area contributed by atoms with Crippen LogP contribution < -0.4 is 0 Å². The minimum atomic E-state index is -0.189. The SMILES string of the molecule is CC(C)(C)c1cc(-c2c3ccc([nH]3)c(-c3ccc(-c4c5ccc([nH]5)c(-c5cc(C(C)(C)C)cc(C(C)(C)C)c5)c5ccc([nH]5)[c+](-c5cc(C(C)(C)C)cc(C(C)(C)C)c5)c5ccc([nH]5)[c+](-c5cc(C(C)(C)C)cc(C(C)(C)C)c5)c5ccc4[nH]5)n3-c3ccccc3)c3ccc([nH]3)[c+](-c3cc(C(C)(C)C)cc(C(C)(C)C)c3)c3ccc([nH]3)[c+](-c3cc(C(C)(C)C)cc(C(C)(C)C)c3)c3ccc2[nH]3)cc(C(C)(C)C)c1. The minimum Gasteiger partial charge on any atom is -0.354 e. The summed E-state index contributed by atoms with van der Waals surface area (Å²) in [6.07, 6.45) is 0. The molecule has 0 unspecified atom stereocenters. The number of para-hydroxylation sites is 1. The normalized spacial score (nSPS) is 13.3. The van der Waals surface area contributed by atoms with Crippen molar-refractivity contribution in [2.75, 3.05) is 0 Å². The van der Waals surface area contributed by atoms with Crippen LogP contribution in [0.15, 0.2) is 249 Å². The Morgan fingerprint density at radius 3 is 0.538 bits per heavy atom. The summed E-state index contributed by atoms with van der Waals surface area (Å²) in [5.41, 5.74) is 46.9. The van der Waals surface area contributed by atoms with Crippen molar-refractivity contribution in [1.29, 1.82) is 0 Å². The van der Waals surface area contributed by atoms with E-state index in [0.29, 0.717) is 0 Å². The number of fused-ring (bicyclic) bond motifs is 16. The van der Waals surface area contributed by atoms with E-state index < -0.39 is 0 Å². The molecular weight excluding hydrogens is 1740 g/mol. The topological polar surface area (TPSA) is 131 Å². The zero-order chi connectivity index (χ0) is 103. The van der Waals surface area contributed by atoms with Gasteiger partial charge in [0.15, 0.2) is 0 Å². The number of nitrogens with one attached hydrogen (secondary N) is 8. The maximum absolute atomic E-state index is 4.37. The summed E-state index contributed by atoms with van der Waals surface area (Å²) in [7, 11) is 0. The van der Waals surface area contributed by atoms with Gasteiger partial charge in [0.1, 0.15) is 66.4 Å². The molecule has 11 aromatic heterocycles. The van der Waals surface area contributed by atoms with Gasteiger partial charge < -0.3 is 44.4 Å². The number of aromatic nitrogens is 9. The van der Waals surface area contributed by atoms with Crippen molar-refractivity contribution in [3.8, 4) is 95.0 Å². The zero-order valence-corrected chi connectivity index (χ0v) is 92.6. The third kappa shape index (κ3) is 19.8. The fourth-order valence-corrected chi connectivity index (χ4v) is 20.6. The van der Waals surface area contributed by atoms with Gasteiger partial charge in [-0.2, -0.15) is 0 Å². The van der Waals surface area contributed by atoms with Crippen molar-refractivity contribution in [2.24, 2.45) is 0 Å². The lowest BCUT2D eigenvalue weighted by atomic mass is 9.79. The highest BCUT2D eigenvalue weighted by atomic mass is 15.0. The van der Waals surface area contributed by atoms with Crippen molar-refractivity contribution in [1.82, 2.24) is 44.4 Å². The molecule has 7 aromatic carbocycles. The number of hydrogen-bond donors (Lipinski definition) is 8. The Morgan fingerprint density at radius 1 is 0.161 bits per heavy atom. The van der Waals surface area contributed by atoms with E-state index in [0.717, 1.165) is 183 Å². The molecule has 0 spiro atoms. The molecular formula is C134H157N9+4. The van der Waals surface area contributed by atoms with E-state index in [4.69, 9.17) is 0 Å². The second-order valence-corrected chi connectivity index (χ2v) is 53.9. The standard InChI is InChI=1S/C134H157N9/c1-123(2,3)84-60-78(61-85(72-84)124(4,5)6)115-97-42-46-101(135-97)117(80-64-88(127(13,14)15)74-89(65-80)128(16,17)18)105-50-54-109(139-105)121(110-55-51-106(140-110)118(102-47-43-98(115)136-102)81-66-90(129(19,20)21)75-91(67-81)130(22,23)24)113-58-59-114(143(113)96-40-38-37-39-41-96)122-111-56-52-107(141-111)119(82-68-92(131(25,26)27)76-93(69-82)132(28,29)30)103-48-44-99(137-103)116(79-62-86(125(7,8)9)73-87(63-79)126(10,11)12)100-45-49-104(138-100)120(108-53-57-112(122)142-108)83-70-94(133(31,32)33)77-95(71-83)134(34,35)36/h37-77,135-142H,1-36H3/q+4. The van der Waals surface area contributed by atoms with Crippen molar-refractivity contribution < 1.29 is 0 Å². The predicted octanol–water partition coefficient (Wildman–Crippen LogP) is 38.6.